The fourth-order valence-electron chi connectivity index (χ4n) is 3.14. The van der Waals surface area contributed by atoms with Crippen LogP contribution in [0.15, 0.2) is 59.5 Å². The maximum Gasteiger partial charge on any atom is 0.0237 e. The second kappa shape index (κ2) is 11.4. The zero-order valence-corrected chi connectivity index (χ0v) is 16.9. The summed E-state index contributed by atoms with van der Waals surface area (Å²) in [6.45, 7) is 7.93. The van der Waals surface area contributed by atoms with Gasteiger partial charge in [-0.3, -0.25) is 4.90 Å². The van der Waals surface area contributed by atoms with Crippen LogP contribution in [0.4, 0.5) is 0 Å². The van der Waals surface area contributed by atoms with Gasteiger partial charge >= 0.3 is 0 Å². The fourth-order valence-corrected chi connectivity index (χ4v) is 3.55. The molecule has 2 aromatic rings. The van der Waals surface area contributed by atoms with Crippen molar-refractivity contribution in [3.63, 3.8) is 0 Å². The van der Waals surface area contributed by atoms with Gasteiger partial charge in [0.05, 0.1) is 0 Å². The minimum atomic E-state index is 0.817. The number of rotatable bonds is 11. The molecule has 0 spiro atoms. The Morgan fingerprint density at radius 1 is 0.880 bits per heavy atom. The zero-order valence-electron chi connectivity index (χ0n) is 16.1. The lowest BCUT2D eigenvalue weighted by Gasteiger charge is -2.24. The second-order valence-corrected chi connectivity index (χ2v) is 7.96. The number of benzene rings is 2. The highest BCUT2D eigenvalue weighted by atomic mass is 32.2. The number of nitrogens with zero attached hydrogens (tertiary/aromatic N) is 1. The third kappa shape index (κ3) is 7.66. The van der Waals surface area contributed by atoms with Crippen molar-refractivity contribution in [3.05, 3.63) is 65.7 Å². The lowest BCUT2D eigenvalue weighted by molar-refractivity contribution is 0.235. The average Bonchev–Trinajstić information content (AvgIpc) is 2.66. The summed E-state index contributed by atoms with van der Waals surface area (Å²) < 4.78 is 0. The topological polar surface area (TPSA) is 3.24 Å². The molecule has 0 aromatic heterocycles. The molecule has 0 radical (unpaired) electrons. The SMILES string of the molecule is CCCCC(C)CCN(Cc1ccccc1)Cc1ccc(SC)cc1. The van der Waals surface area contributed by atoms with E-state index < -0.39 is 0 Å². The summed E-state index contributed by atoms with van der Waals surface area (Å²) in [4.78, 5) is 3.94. The summed E-state index contributed by atoms with van der Waals surface area (Å²) in [5.41, 5.74) is 2.82. The Morgan fingerprint density at radius 3 is 2.12 bits per heavy atom. The van der Waals surface area contributed by atoms with Crippen molar-refractivity contribution in [2.24, 2.45) is 5.92 Å². The number of hydrogen-bond donors (Lipinski definition) is 0. The molecule has 0 aliphatic heterocycles. The van der Waals surface area contributed by atoms with Crippen molar-refractivity contribution in [1.29, 1.82) is 0 Å². The Balaban J connectivity index is 1.97. The predicted molar refractivity (Wildman–Crippen MR) is 112 cm³/mol. The first-order chi connectivity index (χ1) is 12.2. The van der Waals surface area contributed by atoms with Gasteiger partial charge in [-0.15, -0.1) is 11.8 Å². The zero-order chi connectivity index (χ0) is 17.9. The second-order valence-electron chi connectivity index (χ2n) is 7.08. The normalized spacial score (nSPS) is 12.5. The van der Waals surface area contributed by atoms with Gasteiger partial charge in [-0.05, 0) is 48.4 Å². The Labute approximate surface area is 158 Å². The third-order valence-corrected chi connectivity index (χ3v) is 5.55. The molecule has 0 amide bonds. The Bertz CT molecular complexity index is 579. The van der Waals surface area contributed by atoms with E-state index >= 15 is 0 Å². The maximum atomic E-state index is 2.60. The lowest BCUT2D eigenvalue weighted by Crippen LogP contribution is -2.25. The van der Waals surface area contributed by atoms with Crippen molar-refractivity contribution >= 4 is 11.8 Å². The van der Waals surface area contributed by atoms with Crippen LogP contribution in [0.25, 0.3) is 0 Å². The van der Waals surface area contributed by atoms with E-state index in [1.165, 1.54) is 48.3 Å². The fraction of sp³-hybridized carbons (Fsp3) is 0.478. The van der Waals surface area contributed by atoms with Gasteiger partial charge in [0.25, 0.3) is 0 Å². The largest absolute Gasteiger partial charge is 0.295 e. The molecule has 2 aromatic carbocycles. The van der Waals surface area contributed by atoms with Gasteiger partial charge in [-0.25, -0.2) is 0 Å². The van der Waals surface area contributed by atoms with E-state index in [1.807, 2.05) is 11.8 Å². The third-order valence-electron chi connectivity index (χ3n) is 4.80. The van der Waals surface area contributed by atoms with E-state index in [2.05, 4.69) is 79.6 Å². The molecule has 0 aliphatic carbocycles. The minimum absolute atomic E-state index is 0.817. The maximum absolute atomic E-state index is 2.60. The van der Waals surface area contributed by atoms with Gasteiger partial charge in [0.2, 0.25) is 0 Å². The Hall–Kier alpha value is -1.25. The first-order valence-electron chi connectivity index (χ1n) is 9.60. The smallest absolute Gasteiger partial charge is 0.0237 e. The summed E-state index contributed by atoms with van der Waals surface area (Å²) in [6, 6.07) is 19.9. The highest BCUT2D eigenvalue weighted by Gasteiger charge is 2.10. The number of hydrogen-bond acceptors (Lipinski definition) is 2. The van der Waals surface area contributed by atoms with E-state index in [0.29, 0.717) is 0 Å². The van der Waals surface area contributed by atoms with Crippen LogP contribution >= 0.6 is 11.8 Å². The van der Waals surface area contributed by atoms with Crippen LogP contribution in [0, 0.1) is 5.92 Å². The minimum Gasteiger partial charge on any atom is -0.295 e. The van der Waals surface area contributed by atoms with Crippen molar-refractivity contribution < 1.29 is 0 Å². The van der Waals surface area contributed by atoms with Gasteiger partial charge in [-0.1, -0.05) is 75.6 Å². The summed E-state index contributed by atoms with van der Waals surface area (Å²) in [5.74, 6) is 0.817. The molecule has 0 N–H and O–H groups in total. The van der Waals surface area contributed by atoms with Crippen molar-refractivity contribution in [1.82, 2.24) is 4.90 Å². The number of unbranched alkanes of at least 4 members (excludes halogenated alkanes) is 1. The van der Waals surface area contributed by atoms with Gasteiger partial charge in [0.15, 0.2) is 0 Å². The molecule has 0 saturated heterocycles. The highest BCUT2D eigenvalue weighted by molar-refractivity contribution is 7.98. The van der Waals surface area contributed by atoms with Gasteiger partial charge in [0, 0.05) is 18.0 Å². The highest BCUT2D eigenvalue weighted by Crippen LogP contribution is 2.18. The van der Waals surface area contributed by atoms with Crippen LogP contribution in [0.2, 0.25) is 0 Å². The van der Waals surface area contributed by atoms with E-state index in [-0.39, 0.29) is 0 Å². The molecule has 2 heteroatoms. The first kappa shape index (κ1) is 20.1. The quantitative estimate of drug-likeness (QED) is 0.416. The Morgan fingerprint density at radius 2 is 1.52 bits per heavy atom. The molecule has 0 bridgehead atoms. The summed E-state index contributed by atoms with van der Waals surface area (Å²) >= 11 is 1.81. The predicted octanol–water partition coefficient (Wildman–Crippen LogP) is 6.63. The summed E-state index contributed by atoms with van der Waals surface area (Å²) in [6.07, 6.45) is 7.44. The molecule has 136 valence electrons. The van der Waals surface area contributed by atoms with Crippen LogP contribution in [0.1, 0.15) is 50.7 Å². The van der Waals surface area contributed by atoms with Crippen LogP contribution in [0.5, 0.6) is 0 Å². The van der Waals surface area contributed by atoms with Crippen molar-refractivity contribution in [2.45, 2.75) is 57.5 Å². The van der Waals surface area contributed by atoms with Crippen LogP contribution in [-0.4, -0.2) is 17.7 Å². The first-order valence-corrected chi connectivity index (χ1v) is 10.8. The van der Waals surface area contributed by atoms with Crippen LogP contribution in [0.3, 0.4) is 0 Å². The van der Waals surface area contributed by atoms with Crippen LogP contribution in [-0.2, 0) is 13.1 Å². The molecule has 1 unspecified atom stereocenters. The van der Waals surface area contributed by atoms with Gasteiger partial charge in [0.1, 0.15) is 0 Å². The average molecular weight is 356 g/mol. The lowest BCUT2D eigenvalue weighted by atomic mass is 10.0. The van der Waals surface area contributed by atoms with Gasteiger partial charge < -0.3 is 0 Å². The molecule has 1 atom stereocenters. The molecule has 2 rings (SSSR count). The van der Waals surface area contributed by atoms with E-state index in [9.17, 15) is 0 Å². The van der Waals surface area contributed by atoms with Crippen LogP contribution < -0.4 is 0 Å². The molecule has 0 heterocycles. The molecule has 25 heavy (non-hydrogen) atoms. The molecule has 0 aliphatic rings. The molecular weight excluding hydrogens is 322 g/mol. The van der Waals surface area contributed by atoms with E-state index in [0.717, 1.165) is 19.0 Å². The molecule has 0 fully saturated rings. The molecule has 1 nitrogen and oxygen atoms in total. The standard InChI is InChI=1S/C23H33NS/c1-4-5-9-20(2)16-17-24(18-21-10-7-6-8-11-21)19-22-12-14-23(25-3)15-13-22/h6-8,10-15,20H,4-5,9,16-19H2,1-3H3. The molecule has 0 saturated carbocycles. The summed E-state index contributed by atoms with van der Waals surface area (Å²) in [7, 11) is 0. The van der Waals surface area contributed by atoms with E-state index in [4.69, 9.17) is 0 Å². The van der Waals surface area contributed by atoms with Gasteiger partial charge in [-0.2, -0.15) is 0 Å². The summed E-state index contributed by atoms with van der Waals surface area (Å²) in [5, 5.41) is 0. The van der Waals surface area contributed by atoms with Crippen molar-refractivity contribution in [3.8, 4) is 0 Å². The number of thioether (sulfide) groups is 1. The monoisotopic (exact) mass is 355 g/mol. The van der Waals surface area contributed by atoms with E-state index in [1.54, 1.807) is 0 Å². The Kier molecular flexibility index (Phi) is 9.14. The van der Waals surface area contributed by atoms with Crippen molar-refractivity contribution in [2.75, 3.05) is 12.8 Å². The molecular formula is C23H33NS.